The molecule has 6 heteroatoms. The van der Waals surface area contributed by atoms with E-state index < -0.39 is 0 Å². The van der Waals surface area contributed by atoms with Gasteiger partial charge >= 0.3 is 0 Å². The van der Waals surface area contributed by atoms with Gasteiger partial charge in [-0.2, -0.15) is 0 Å². The Morgan fingerprint density at radius 1 is 0.958 bits per heavy atom. The number of hydrogen-bond acceptors (Lipinski definition) is 5. The highest BCUT2D eigenvalue weighted by Crippen LogP contribution is 2.32. The van der Waals surface area contributed by atoms with E-state index >= 15 is 0 Å². The van der Waals surface area contributed by atoms with Gasteiger partial charge in [-0.3, -0.25) is 0 Å². The van der Waals surface area contributed by atoms with Crippen molar-refractivity contribution in [2.24, 2.45) is 0 Å². The first-order chi connectivity index (χ1) is 11.6. The van der Waals surface area contributed by atoms with Crippen LogP contribution >= 0.6 is 11.6 Å². The highest BCUT2D eigenvalue weighted by molar-refractivity contribution is 6.30. The Morgan fingerprint density at radius 2 is 1.58 bits per heavy atom. The summed E-state index contributed by atoms with van der Waals surface area (Å²) in [5, 5.41) is 13.4. The number of ether oxygens (including phenoxy) is 1. The highest BCUT2D eigenvalue weighted by atomic mass is 35.5. The number of halogens is 1. The average molecular weight is 342 g/mol. The number of methoxy groups -OCH3 is 1. The summed E-state index contributed by atoms with van der Waals surface area (Å²) in [7, 11) is 3.28. The predicted molar refractivity (Wildman–Crippen MR) is 95.7 cm³/mol. The number of hydrogen-bond donors (Lipinski definition) is 2. The number of benzene rings is 2. The Morgan fingerprint density at radius 3 is 2.21 bits per heavy atom. The minimum atomic E-state index is 0.0853. The molecule has 0 aliphatic carbocycles. The van der Waals surface area contributed by atoms with E-state index in [2.05, 4.69) is 15.3 Å². The zero-order chi connectivity index (χ0) is 17.1. The first-order valence-electron chi connectivity index (χ1n) is 7.31. The van der Waals surface area contributed by atoms with Gasteiger partial charge in [0.25, 0.3) is 0 Å². The standard InChI is InChI=1S/C18H16ClN3O2/c1-20-18-21-14(11-3-6-13(19)7-4-11)10-15(22-18)12-5-8-16(23)17(9-12)24-2/h3-10,23H,1-2H3,(H,20,21,22). The summed E-state index contributed by atoms with van der Waals surface area (Å²) in [6.45, 7) is 0. The number of nitrogens with one attached hydrogen (secondary N) is 1. The van der Waals surface area contributed by atoms with Gasteiger partial charge < -0.3 is 15.2 Å². The van der Waals surface area contributed by atoms with Gasteiger partial charge in [0.2, 0.25) is 5.95 Å². The van der Waals surface area contributed by atoms with Crippen molar-refractivity contribution < 1.29 is 9.84 Å². The maximum Gasteiger partial charge on any atom is 0.223 e. The van der Waals surface area contributed by atoms with E-state index in [0.29, 0.717) is 16.7 Å². The quantitative estimate of drug-likeness (QED) is 0.743. The third-order valence-electron chi connectivity index (χ3n) is 3.57. The van der Waals surface area contributed by atoms with Crippen molar-refractivity contribution in [3.05, 3.63) is 53.6 Å². The number of aromatic hydroxyl groups is 1. The number of phenols is 1. The first-order valence-corrected chi connectivity index (χ1v) is 7.68. The number of phenolic OH excluding ortho intramolecular Hbond substituents is 1. The van der Waals surface area contributed by atoms with Crippen molar-refractivity contribution in [2.45, 2.75) is 0 Å². The lowest BCUT2D eigenvalue weighted by Gasteiger charge is -2.10. The lowest BCUT2D eigenvalue weighted by atomic mass is 10.1. The third-order valence-corrected chi connectivity index (χ3v) is 3.82. The minimum Gasteiger partial charge on any atom is -0.504 e. The summed E-state index contributed by atoms with van der Waals surface area (Å²) in [6.07, 6.45) is 0. The molecule has 0 atom stereocenters. The molecule has 1 heterocycles. The van der Waals surface area contributed by atoms with Crippen LogP contribution in [0.4, 0.5) is 5.95 Å². The Balaban J connectivity index is 2.11. The van der Waals surface area contributed by atoms with Crippen LogP contribution < -0.4 is 10.1 Å². The molecule has 0 unspecified atom stereocenters. The smallest absolute Gasteiger partial charge is 0.223 e. The lowest BCUT2D eigenvalue weighted by Crippen LogP contribution is -1.99. The molecule has 0 amide bonds. The van der Waals surface area contributed by atoms with Gasteiger partial charge in [-0.25, -0.2) is 9.97 Å². The fourth-order valence-corrected chi connectivity index (χ4v) is 2.44. The summed E-state index contributed by atoms with van der Waals surface area (Å²) >= 11 is 5.95. The molecule has 2 N–H and O–H groups in total. The van der Waals surface area contributed by atoms with E-state index in [4.69, 9.17) is 16.3 Å². The number of rotatable bonds is 4. The van der Waals surface area contributed by atoms with Crippen molar-refractivity contribution in [1.82, 2.24) is 9.97 Å². The van der Waals surface area contributed by atoms with Gasteiger partial charge in [0.15, 0.2) is 11.5 Å². The van der Waals surface area contributed by atoms with Crippen LogP contribution in [0.25, 0.3) is 22.5 Å². The second-order valence-corrected chi connectivity index (χ2v) is 5.54. The van der Waals surface area contributed by atoms with Crippen LogP contribution in [0.5, 0.6) is 11.5 Å². The molecular weight excluding hydrogens is 326 g/mol. The summed E-state index contributed by atoms with van der Waals surface area (Å²) in [4.78, 5) is 8.98. The molecule has 1 aromatic heterocycles. The number of anilines is 1. The molecule has 5 nitrogen and oxygen atoms in total. The van der Waals surface area contributed by atoms with Crippen molar-refractivity contribution in [2.75, 3.05) is 19.5 Å². The molecule has 0 radical (unpaired) electrons. The molecule has 0 spiro atoms. The average Bonchev–Trinajstić information content (AvgIpc) is 2.62. The fourth-order valence-electron chi connectivity index (χ4n) is 2.31. The SMILES string of the molecule is CNc1nc(-c2ccc(Cl)cc2)cc(-c2ccc(O)c(OC)c2)n1. The molecule has 0 saturated carbocycles. The summed E-state index contributed by atoms with van der Waals surface area (Å²) in [5.41, 5.74) is 3.25. The largest absolute Gasteiger partial charge is 0.504 e. The second-order valence-electron chi connectivity index (χ2n) is 5.11. The van der Waals surface area contributed by atoms with E-state index in [1.165, 1.54) is 7.11 Å². The van der Waals surface area contributed by atoms with E-state index in [9.17, 15) is 5.11 Å². The zero-order valence-electron chi connectivity index (χ0n) is 13.2. The van der Waals surface area contributed by atoms with Crippen LogP contribution in [0.2, 0.25) is 5.02 Å². The molecule has 3 aromatic rings. The number of aromatic nitrogens is 2. The number of nitrogens with zero attached hydrogens (tertiary/aromatic N) is 2. The van der Waals surface area contributed by atoms with E-state index in [1.807, 2.05) is 30.3 Å². The van der Waals surface area contributed by atoms with E-state index in [1.54, 1.807) is 25.2 Å². The lowest BCUT2D eigenvalue weighted by molar-refractivity contribution is 0.373. The molecule has 2 aromatic carbocycles. The summed E-state index contributed by atoms with van der Waals surface area (Å²) < 4.78 is 5.17. The summed E-state index contributed by atoms with van der Waals surface area (Å²) in [5.74, 6) is 0.983. The van der Waals surface area contributed by atoms with Crippen LogP contribution in [0.3, 0.4) is 0 Å². The van der Waals surface area contributed by atoms with Crippen LogP contribution in [0, 0.1) is 0 Å². The molecule has 3 rings (SSSR count). The maximum atomic E-state index is 9.76. The highest BCUT2D eigenvalue weighted by Gasteiger charge is 2.10. The van der Waals surface area contributed by atoms with E-state index in [-0.39, 0.29) is 5.75 Å². The Hall–Kier alpha value is -2.79. The maximum absolute atomic E-state index is 9.76. The second kappa shape index (κ2) is 6.76. The van der Waals surface area contributed by atoms with E-state index in [0.717, 1.165) is 22.5 Å². The van der Waals surface area contributed by atoms with Crippen molar-refractivity contribution in [3.63, 3.8) is 0 Å². The van der Waals surface area contributed by atoms with Crippen LogP contribution in [-0.4, -0.2) is 29.2 Å². The molecule has 0 aliphatic heterocycles. The van der Waals surface area contributed by atoms with Crippen molar-refractivity contribution in [3.8, 4) is 34.0 Å². The Labute approximate surface area is 144 Å². The molecular formula is C18H16ClN3O2. The van der Waals surface area contributed by atoms with Crippen molar-refractivity contribution >= 4 is 17.5 Å². The van der Waals surface area contributed by atoms with Gasteiger partial charge in [0.1, 0.15) is 0 Å². The normalized spacial score (nSPS) is 10.5. The van der Waals surface area contributed by atoms with Gasteiger partial charge in [0, 0.05) is 23.2 Å². The van der Waals surface area contributed by atoms with Crippen molar-refractivity contribution in [1.29, 1.82) is 0 Å². The van der Waals surface area contributed by atoms with Crippen LogP contribution in [0.1, 0.15) is 0 Å². The fraction of sp³-hybridized carbons (Fsp3) is 0.111. The molecule has 0 saturated heterocycles. The predicted octanol–water partition coefficient (Wildman–Crippen LogP) is 4.22. The topological polar surface area (TPSA) is 67.3 Å². The minimum absolute atomic E-state index is 0.0853. The van der Waals surface area contributed by atoms with Gasteiger partial charge in [-0.15, -0.1) is 0 Å². The van der Waals surface area contributed by atoms with Gasteiger partial charge in [-0.1, -0.05) is 23.7 Å². The van der Waals surface area contributed by atoms with Crippen LogP contribution in [0.15, 0.2) is 48.5 Å². The molecule has 0 fully saturated rings. The molecule has 122 valence electrons. The zero-order valence-corrected chi connectivity index (χ0v) is 14.0. The third kappa shape index (κ3) is 3.26. The van der Waals surface area contributed by atoms with Crippen LogP contribution in [-0.2, 0) is 0 Å². The first kappa shape index (κ1) is 16.1. The summed E-state index contributed by atoms with van der Waals surface area (Å²) in [6, 6.07) is 14.4. The monoisotopic (exact) mass is 341 g/mol. The molecule has 0 bridgehead atoms. The van der Waals surface area contributed by atoms with Gasteiger partial charge in [0.05, 0.1) is 18.5 Å². The molecule has 24 heavy (non-hydrogen) atoms. The Kier molecular flexibility index (Phi) is 4.53. The van der Waals surface area contributed by atoms with Gasteiger partial charge in [-0.05, 0) is 36.4 Å². The Bertz CT molecular complexity index is 867. The molecule has 0 aliphatic rings.